The second-order valence-electron chi connectivity index (χ2n) is 7.52. The minimum Gasteiger partial charge on any atom is -0.482 e. The highest BCUT2D eigenvalue weighted by atomic mass is 19.4. The van der Waals surface area contributed by atoms with Gasteiger partial charge in [-0.2, -0.15) is 13.2 Å². The maximum atomic E-state index is 12.9. The number of rotatable bonds is 6. The summed E-state index contributed by atoms with van der Waals surface area (Å²) in [6, 6.07) is 8.16. The lowest BCUT2D eigenvalue weighted by Gasteiger charge is -2.32. The first-order valence-electron chi connectivity index (χ1n) is 9.39. The maximum absolute atomic E-state index is 12.9. The van der Waals surface area contributed by atoms with E-state index in [4.69, 9.17) is 9.47 Å². The Morgan fingerprint density at radius 3 is 2.31 bits per heavy atom. The molecule has 3 rings (SSSR count). The fraction of sp³-hybridized carbons (Fsp3) is 0.409. The molecule has 7 heteroatoms. The molecule has 156 valence electrons. The topological polar surface area (TPSA) is 55.8 Å². The zero-order chi connectivity index (χ0) is 21.4. The minimum absolute atomic E-state index is 0.00742. The van der Waals surface area contributed by atoms with E-state index in [1.165, 1.54) is 12.1 Å². The van der Waals surface area contributed by atoms with Crippen molar-refractivity contribution in [2.24, 2.45) is 0 Å². The maximum Gasteiger partial charge on any atom is 0.416 e. The van der Waals surface area contributed by atoms with Crippen LogP contribution in [-0.4, -0.2) is 29.4 Å². The molecule has 0 aromatic heterocycles. The van der Waals surface area contributed by atoms with Gasteiger partial charge in [-0.3, -0.25) is 4.79 Å². The lowest BCUT2D eigenvalue weighted by molar-refractivity contribution is -0.185. The van der Waals surface area contributed by atoms with Crippen LogP contribution in [0.2, 0.25) is 0 Å². The average Bonchev–Trinajstić information content (AvgIpc) is 3.00. The van der Waals surface area contributed by atoms with Crippen molar-refractivity contribution < 1.29 is 32.5 Å². The Labute approximate surface area is 167 Å². The molecule has 1 atom stereocenters. The number of aliphatic hydroxyl groups is 1. The van der Waals surface area contributed by atoms with Crippen LogP contribution < -0.4 is 4.74 Å². The fourth-order valence-electron chi connectivity index (χ4n) is 3.32. The second-order valence-corrected chi connectivity index (χ2v) is 7.52. The first-order valence-corrected chi connectivity index (χ1v) is 9.39. The number of aliphatic hydroxyl groups excluding tert-OH is 1. The van der Waals surface area contributed by atoms with Gasteiger partial charge in [-0.25, -0.2) is 0 Å². The lowest BCUT2D eigenvalue weighted by Crippen LogP contribution is -2.43. The number of fused-ring (bicyclic) bond motifs is 1. The van der Waals surface area contributed by atoms with E-state index in [1.54, 1.807) is 32.9 Å². The summed E-state index contributed by atoms with van der Waals surface area (Å²) in [5.74, 6) is 0.300. The van der Waals surface area contributed by atoms with Crippen molar-refractivity contribution in [3.05, 3.63) is 53.1 Å². The van der Waals surface area contributed by atoms with Crippen LogP contribution in [-0.2, 0) is 17.3 Å². The average molecular weight is 408 g/mol. The number of halogens is 3. The van der Waals surface area contributed by atoms with E-state index in [1.807, 2.05) is 0 Å². The SMILES string of the molecule is CCOC(O)C(C)(C)Oc1cc2c(cc1-c1ccc(C(F)(F)F)cc1)CCC2=O. The first kappa shape index (κ1) is 21.3. The molecule has 0 radical (unpaired) electrons. The molecule has 0 heterocycles. The van der Waals surface area contributed by atoms with E-state index >= 15 is 0 Å². The van der Waals surface area contributed by atoms with Crippen molar-refractivity contribution in [3.8, 4) is 16.9 Å². The summed E-state index contributed by atoms with van der Waals surface area (Å²) in [7, 11) is 0. The number of ketones is 1. The van der Waals surface area contributed by atoms with Crippen molar-refractivity contribution in [1.82, 2.24) is 0 Å². The minimum atomic E-state index is -4.42. The molecule has 4 nitrogen and oxygen atoms in total. The summed E-state index contributed by atoms with van der Waals surface area (Å²) in [4.78, 5) is 12.2. The normalized spacial score (nSPS) is 15.3. The van der Waals surface area contributed by atoms with Crippen LogP contribution in [0.3, 0.4) is 0 Å². The summed E-state index contributed by atoms with van der Waals surface area (Å²) in [6.45, 7) is 5.29. The zero-order valence-corrected chi connectivity index (χ0v) is 16.5. The molecule has 29 heavy (non-hydrogen) atoms. The predicted molar refractivity (Wildman–Crippen MR) is 102 cm³/mol. The Morgan fingerprint density at radius 1 is 1.07 bits per heavy atom. The highest BCUT2D eigenvalue weighted by Crippen LogP contribution is 2.39. The first-order chi connectivity index (χ1) is 13.5. The van der Waals surface area contributed by atoms with Gasteiger partial charge in [0, 0.05) is 24.2 Å². The van der Waals surface area contributed by atoms with Gasteiger partial charge in [-0.15, -0.1) is 0 Å². The third-order valence-electron chi connectivity index (χ3n) is 4.94. The van der Waals surface area contributed by atoms with Crippen molar-refractivity contribution in [3.63, 3.8) is 0 Å². The van der Waals surface area contributed by atoms with E-state index < -0.39 is 23.6 Å². The van der Waals surface area contributed by atoms with Crippen molar-refractivity contribution in [2.75, 3.05) is 6.61 Å². The summed E-state index contributed by atoms with van der Waals surface area (Å²) in [5.41, 5.74) is 0.567. The van der Waals surface area contributed by atoms with Gasteiger partial charge in [0.1, 0.15) is 5.75 Å². The summed E-state index contributed by atoms with van der Waals surface area (Å²) in [6.07, 6.45) is -4.69. The number of Topliss-reactive ketones (excluding diaryl/α,β-unsaturated/α-hetero) is 1. The van der Waals surface area contributed by atoms with Gasteiger partial charge in [0.05, 0.1) is 5.56 Å². The lowest BCUT2D eigenvalue weighted by atomic mass is 9.97. The van der Waals surface area contributed by atoms with Crippen LogP contribution in [0.25, 0.3) is 11.1 Å². The molecule has 0 saturated heterocycles. The van der Waals surface area contributed by atoms with Gasteiger partial charge < -0.3 is 14.6 Å². The predicted octanol–water partition coefficient (Wildman–Crippen LogP) is 5.01. The van der Waals surface area contributed by atoms with Crippen LogP contribution in [0.5, 0.6) is 5.75 Å². The van der Waals surface area contributed by atoms with E-state index in [9.17, 15) is 23.1 Å². The Morgan fingerprint density at radius 2 is 1.72 bits per heavy atom. The largest absolute Gasteiger partial charge is 0.482 e. The summed E-state index contributed by atoms with van der Waals surface area (Å²) < 4.78 is 50.0. The fourth-order valence-corrected chi connectivity index (χ4v) is 3.32. The number of hydrogen-bond acceptors (Lipinski definition) is 4. The monoisotopic (exact) mass is 408 g/mol. The number of carbonyl (C=O) groups is 1. The number of hydrogen-bond donors (Lipinski definition) is 1. The van der Waals surface area contributed by atoms with Gasteiger partial charge >= 0.3 is 6.18 Å². The summed E-state index contributed by atoms with van der Waals surface area (Å²) >= 11 is 0. The van der Waals surface area contributed by atoms with Gasteiger partial charge in [0.25, 0.3) is 0 Å². The molecule has 2 aromatic carbocycles. The molecule has 0 saturated carbocycles. The molecule has 2 aromatic rings. The number of benzene rings is 2. The highest BCUT2D eigenvalue weighted by molar-refractivity contribution is 6.01. The molecular weight excluding hydrogens is 385 g/mol. The molecule has 1 aliphatic carbocycles. The van der Waals surface area contributed by atoms with Gasteiger partial charge in [-0.05, 0) is 62.6 Å². The van der Waals surface area contributed by atoms with Gasteiger partial charge in [0.2, 0.25) is 0 Å². The summed E-state index contributed by atoms with van der Waals surface area (Å²) in [5, 5.41) is 10.2. The third-order valence-corrected chi connectivity index (χ3v) is 4.94. The van der Waals surface area contributed by atoms with Crippen molar-refractivity contribution in [1.29, 1.82) is 0 Å². The van der Waals surface area contributed by atoms with Crippen LogP contribution in [0, 0.1) is 0 Å². The zero-order valence-electron chi connectivity index (χ0n) is 16.5. The van der Waals surface area contributed by atoms with Crippen molar-refractivity contribution >= 4 is 5.78 Å². The smallest absolute Gasteiger partial charge is 0.416 e. The Kier molecular flexibility index (Phi) is 5.74. The molecule has 0 spiro atoms. The van der Waals surface area contributed by atoms with Crippen LogP contribution in [0.15, 0.2) is 36.4 Å². The Hall–Kier alpha value is -2.38. The number of carbonyl (C=O) groups excluding carboxylic acids is 1. The van der Waals surface area contributed by atoms with Crippen LogP contribution in [0.4, 0.5) is 13.2 Å². The number of aryl methyl sites for hydroxylation is 1. The standard InChI is InChI=1S/C22H23F3O4/c1-4-28-20(27)21(2,3)29-19-12-16-14(7-10-18(16)26)11-17(19)13-5-8-15(9-6-13)22(23,24)25/h5-6,8-9,11-12,20,27H,4,7,10H2,1-3H3. The van der Waals surface area contributed by atoms with E-state index in [0.717, 1.165) is 17.7 Å². The quantitative estimate of drug-likeness (QED) is 0.683. The van der Waals surface area contributed by atoms with E-state index in [-0.39, 0.29) is 12.4 Å². The Bertz CT molecular complexity index is 902. The molecule has 0 fully saturated rings. The van der Waals surface area contributed by atoms with Gasteiger partial charge in [-0.1, -0.05) is 12.1 Å². The number of alkyl halides is 3. The molecule has 1 N–H and O–H groups in total. The third kappa shape index (κ3) is 4.46. The van der Waals surface area contributed by atoms with Crippen LogP contribution >= 0.6 is 0 Å². The number of ether oxygens (including phenoxy) is 2. The van der Waals surface area contributed by atoms with E-state index in [0.29, 0.717) is 35.3 Å². The molecule has 0 aliphatic heterocycles. The molecule has 0 bridgehead atoms. The molecule has 0 amide bonds. The van der Waals surface area contributed by atoms with Crippen LogP contribution in [0.1, 0.15) is 48.7 Å². The Balaban J connectivity index is 2.05. The molecule has 1 unspecified atom stereocenters. The van der Waals surface area contributed by atoms with Gasteiger partial charge in [0.15, 0.2) is 17.7 Å². The van der Waals surface area contributed by atoms with Crippen molar-refractivity contribution in [2.45, 2.75) is 51.7 Å². The second kappa shape index (κ2) is 7.80. The molecular formula is C22H23F3O4. The van der Waals surface area contributed by atoms with E-state index in [2.05, 4.69) is 0 Å². The molecule has 1 aliphatic rings. The highest BCUT2D eigenvalue weighted by Gasteiger charge is 2.33.